The average molecular weight is 264 g/mol. The molecule has 4 heteroatoms. The van der Waals surface area contributed by atoms with Gasteiger partial charge in [0.05, 0.1) is 25.4 Å². The normalized spacial score (nSPS) is 24.6. The van der Waals surface area contributed by atoms with Crippen LogP contribution in [0.25, 0.3) is 0 Å². The molecule has 2 unspecified atom stereocenters. The van der Waals surface area contributed by atoms with Crippen LogP contribution in [0.5, 0.6) is 0 Å². The SMILES string of the molecule is CC1COC(CO)CN1c1ccc(C(C)(C)C)cn1. The van der Waals surface area contributed by atoms with Gasteiger partial charge in [0.15, 0.2) is 0 Å². The summed E-state index contributed by atoms with van der Waals surface area (Å²) in [5.41, 5.74) is 1.35. The van der Waals surface area contributed by atoms with Crippen molar-refractivity contribution in [3.63, 3.8) is 0 Å². The predicted octanol–water partition coefficient (Wildman–Crippen LogP) is 1.97. The maximum absolute atomic E-state index is 9.22. The first-order valence-corrected chi connectivity index (χ1v) is 6.87. The van der Waals surface area contributed by atoms with Crippen molar-refractivity contribution in [1.82, 2.24) is 4.98 Å². The molecule has 0 aromatic carbocycles. The molecule has 0 aliphatic carbocycles. The number of pyridine rings is 1. The van der Waals surface area contributed by atoms with Gasteiger partial charge in [0.2, 0.25) is 0 Å². The van der Waals surface area contributed by atoms with E-state index >= 15 is 0 Å². The lowest BCUT2D eigenvalue weighted by Gasteiger charge is -2.38. The topological polar surface area (TPSA) is 45.6 Å². The van der Waals surface area contributed by atoms with Crippen molar-refractivity contribution in [2.24, 2.45) is 0 Å². The Morgan fingerprint density at radius 1 is 1.42 bits per heavy atom. The third-order valence-corrected chi connectivity index (χ3v) is 3.62. The van der Waals surface area contributed by atoms with E-state index in [1.807, 2.05) is 6.20 Å². The smallest absolute Gasteiger partial charge is 0.128 e. The Balaban J connectivity index is 2.16. The van der Waals surface area contributed by atoms with Crippen molar-refractivity contribution >= 4 is 5.82 Å². The molecule has 2 heterocycles. The molecule has 0 bridgehead atoms. The first kappa shape index (κ1) is 14.3. The highest BCUT2D eigenvalue weighted by molar-refractivity contribution is 5.42. The van der Waals surface area contributed by atoms with E-state index in [-0.39, 0.29) is 24.2 Å². The number of nitrogens with zero attached hydrogens (tertiary/aromatic N) is 2. The first-order chi connectivity index (χ1) is 8.91. The molecule has 19 heavy (non-hydrogen) atoms. The van der Waals surface area contributed by atoms with Gasteiger partial charge in [-0.05, 0) is 24.0 Å². The molecule has 4 nitrogen and oxygen atoms in total. The minimum atomic E-state index is -0.111. The maximum atomic E-state index is 9.22. The van der Waals surface area contributed by atoms with Gasteiger partial charge in [-0.25, -0.2) is 4.98 Å². The summed E-state index contributed by atoms with van der Waals surface area (Å²) in [7, 11) is 0. The second-order valence-electron chi connectivity index (χ2n) is 6.29. The number of ether oxygens (including phenoxy) is 1. The minimum Gasteiger partial charge on any atom is -0.394 e. The molecule has 1 fully saturated rings. The molecular weight excluding hydrogens is 240 g/mol. The fourth-order valence-electron chi connectivity index (χ4n) is 2.25. The molecule has 1 aliphatic heterocycles. The minimum absolute atomic E-state index is 0.0588. The Morgan fingerprint density at radius 3 is 2.68 bits per heavy atom. The lowest BCUT2D eigenvalue weighted by Crippen LogP contribution is -2.50. The Hall–Kier alpha value is -1.13. The summed E-state index contributed by atoms with van der Waals surface area (Å²) >= 11 is 0. The van der Waals surface area contributed by atoms with Crippen LogP contribution in [0.4, 0.5) is 5.82 Å². The summed E-state index contributed by atoms with van der Waals surface area (Å²) in [6.45, 7) is 10.1. The van der Waals surface area contributed by atoms with Crippen molar-refractivity contribution in [3.05, 3.63) is 23.9 Å². The summed E-state index contributed by atoms with van der Waals surface area (Å²) in [5.74, 6) is 0.960. The molecule has 1 aromatic heterocycles. The fraction of sp³-hybridized carbons (Fsp3) is 0.667. The predicted molar refractivity (Wildman–Crippen MR) is 76.6 cm³/mol. The van der Waals surface area contributed by atoms with E-state index in [0.717, 1.165) is 5.82 Å². The highest BCUT2D eigenvalue weighted by Crippen LogP contribution is 2.25. The maximum Gasteiger partial charge on any atom is 0.128 e. The Kier molecular flexibility index (Phi) is 4.11. The number of aromatic nitrogens is 1. The highest BCUT2D eigenvalue weighted by atomic mass is 16.5. The van der Waals surface area contributed by atoms with Crippen LogP contribution in [0.2, 0.25) is 0 Å². The molecule has 0 amide bonds. The lowest BCUT2D eigenvalue weighted by molar-refractivity contribution is -0.0105. The van der Waals surface area contributed by atoms with Gasteiger partial charge in [0.1, 0.15) is 5.82 Å². The fourth-order valence-corrected chi connectivity index (χ4v) is 2.25. The highest BCUT2D eigenvalue weighted by Gasteiger charge is 2.26. The Morgan fingerprint density at radius 2 is 2.16 bits per heavy atom. The molecular formula is C15H24N2O2. The van der Waals surface area contributed by atoms with Crippen LogP contribution in [0.15, 0.2) is 18.3 Å². The van der Waals surface area contributed by atoms with E-state index in [4.69, 9.17) is 4.74 Å². The van der Waals surface area contributed by atoms with E-state index in [2.05, 4.69) is 49.7 Å². The van der Waals surface area contributed by atoms with Gasteiger partial charge < -0.3 is 14.7 Å². The molecule has 1 N–H and O–H groups in total. The summed E-state index contributed by atoms with van der Waals surface area (Å²) in [6.07, 6.45) is 1.84. The second-order valence-corrected chi connectivity index (χ2v) is 6.29. The molecule has 0 saturated carbocycles. The Labute approximate surface area is 115 Å². The summed E-state index contributed by atoms with van der Waals surface area (Å²) in [5, 5.41) is 9.22. The third kappa shape index (κ3) is 3.25. The van der Waals surface area contributed by atoms with Crippen LogP contribution < -0.4 is 4.90 Å². The van der Waals surface area contributed by atoms with Crippen LogP contribution in [0, 0.1) is 0 Å². The van der Waals surface area contributed by atoms with Crippen molar-refractivity contribution < 1.29 is 9.84 Å². The van der Waals surface area contributed by atoms with E-state index in [0.29, 0.717) is 13.2 Å². The van der Waals surface area contributed by atoms with E-state index in [1.165, 1.54) is 5.56 Å². The summed E-state index contributed by atoms with van der Waals surface area (Å²) < 4.78 is 5.55. The van der Waals surface area contributed by atoms with Gasteiger partial charge in [-0.3, -0.25) is 0 Å². The van der Waals surface area contributed by atoms with Crippen LogP contribution in [0.1, 0.15) is 33.3 Å². The molecule has 106 valence electrons. The van der Waals surface area contributed by atoms with Crippen LogP contribution in [0.3, 0.4) is 0 Å². The van der Waals surface area contributed by atoms with Gasteiger partial charge >= 0.3 is 0 Å². The van der Waals surface area contributed by atoms with Crippen molar-refractivity contribution in [3.8, 4) is 0 Å². The number of rotatable bonds is 2. The third-order valence-electron chi connectivity index (χ3n) is 3.62. The molecule has 2 atom stereocenters. The van der Waals surface area contributed by atoms with E-state index in [9.17, 15) is 5.11 Å². The van der Waals surface area contributed by atoms with E-state index < -0.39 is 0 Å². The molecule has 0 spiro atoms. The monoisotopic (exact) mass is 264 g/mol. The number of anilines is 1. The van der Waals surface area contributed by atoms with Gasteiger partial charge in [-0.15, -0.1) is 0 Å². The van der Waals surface area contributed by atoms with Crippen molar-refractivity contribution in [2.45, 2.75) is 45.3 Å². The zero-order chi connectivity index (χ0) is 14.0. The number of hydrogen-bond donors (Lipinski definition) is 1. The van der Waals surface area contributed by atoms with Crippen LogP contribution >= 0.6 is 0 Å². The molecule has 1 saturated heterocycles. The first-order valence-electron chi connectivity index (χ1n) is 6.87. The average Bonchev–Trinajstić information content (AvgIpc) is 2.38. The number of hydrogen-bond acceptors (Lipinski definition) is 4. The van der Waals surface area contributed by atoms with Crippen molar-refractivity contribution in [2.75, 3.05) is 24.7 Å². The molecule has 2 rings (SSSR count). The second kappa shape index (κ2) is 5.47. The zero-order valence-corrected chi connectivity index (χ0v) is 12.3. The quantitative estimate of drug-likeness (QED) is 0.887. The number of aliphatic hydroxyl groups is 1. The van der Waals surface area contributed by atoms with E-state index in [1.54, 1.807) is 0 Å². The van der Waals surface area contributed by atoms with Gasteiger partial charge in [0, 0.05) is 12.7 Å². The zero-order valence-electron chi connectivity index (χ0n) is 12.3. The molecule has 1 aromatic rings. The standard InChI is InChI=1S/C15H24N2O2/c1-11-10-19-13(9-18)8-17(11)14-6-5-12(7-16-14)15(2,3)4/h5-7,11,13,18H,8-10H2,1-4H3. The molecule has 1 aliphatic rings. The summed E-state index contributed by atoms with van der Waals surface area (Å²) in [4.78, 5) is 6.78. The largest absolute Gasteiger partial charge is 0.394 e. The van der Waals surface area contributed by atoms with Crippen molar-refractivity contribution in [1.29, 1.82) is 0 Å². The van der Waals surface area contributed by atoms with Gasteiger partial charge in [0.25, 0.3) is 0 Å². The van der Waals surface area contributed by atoms with Gasteiger partial charge in [-0.2, -0.15) is 0 Å². The van der Waals surface area contributed by atoms with Gasteiger partial charge in [-0.1, -0.05) is 26.8 Å². The lowest BCUT2D eigenvalue weighted by atomic mass is 9.88. The van der Waals surface area contributed by atoms with Crippen LogP contribution in [-0.4, -0.2) is 42.0 Å². The molecule has 0 radical (unpaired) electrons. The number of morpholine rings is 1. The Bertz CT molecular complexity index is 411. The summed E-state index contributed by atoms with van der Waals surface area (Å²) in [6, 6.07) is 4.49. The van der Waals surface area contributed by atoms with Crippen LogP contribution in [-0.2, 0) is 10.2 Å². The number of aliphatic hydroxyl groups excluding tert-OH is 1.